The molecule has 2 rings (SSSR count). The second-order valence-corrected chi connectivity index (χ2v) is 12.0. The van der Waals surface area contributed by atoms with E-state index in [4.69, 9.17) is 5.73 Å². The molecule has 0 saturated carbocycles. The average Bonchev–Trinajstić information content (AvgIpc) is 2.43. The van der Waals surface area contributed by atoms with Crippen LogP contribution in [-0.2, 0) is 10.3 Å². The Kier molecular flexibility index (Phi) is 4.92. The van der Waals surface area contributed by atoms with E-state index < -0.39 is 44.2 Å². The smallest absolute Gasteiger partial charge is 0.425 e. The molecule has 0 unspecified atom stereocenters. The van der Waals surface area contributed by atoms with Crippen LogP contribution >= 0.6 is 0 Å². The first-order valence-electron chi connectivity index (χ1n) is 7.72. The molecule has 1 aromatic carbocycles. The van der Waals surface area contributed by atoms with E-state index in [2.05, 4.69) is 40.8 Å². The lowest BCUT2D eigenvalue weighted by Gasteiger charge is -2.35. The Morgan fingerprint density at radius 2 is 1.96 bits per heavy atom. The number of halogens is 4. The van der Waals surface area contributed by atoms with Gasteiger partial charge in [-0.1, -0.05) is 25.6 Å². The van der Waals surface area contributed by atoms with Crippen molar-refractivity contribution in [3.8, 4) is 11.5 Å². The van der Waals surface area contributed by atoms with Gasteiger partial charge in [-0.05, 0) is 25.1 Å². The van der Waals surface area contributed by atoms with Crippen molar-refractivity contribution in [2.75, 3.05) is 0 Å². The summed E-state index contributed by atoms with van der Waals surface area (Å²) in [6, 6.07) is 3.54. The van der Waals surface area contributed by atoms with Crippen LogP contribution < -0.4 is 5.73 Å². The van der Waals surface area contributed by atoms with Gasteiger partial charge in [0.05, 0.1) is 5.54 Å². The van der Waals surface area contributed by atoms with Crippen molar-refractivity contribution < 1.29 is 22.3 Å². The third kappa shape index (κ3) is 4.75. The number of amidine groups is 1. The third-order valence-corrected chi connectivity index (χ3v) is 4.57. The first-order valence-corrected chi connectivity index (χ1v) is 11.2. The molecular formula is C17H20F4N2OSi. The minimum Gasteiger partial charge on any atom is -0.452 e. The summed E-state index contributed by atoms with van der Waals surface area (Å²) in [7, 11) is -1.65. The maximum Gasteiger partial charge on any atom is 0.425 e. The van der Waals surface area contributed by atoms with Gasteiger partial charge in [-0.3, -0.25) is 0 Å². The molecule has 0 saturated heterocycles. The zero-order valence-corrected chi connectivity index (χ0v) is 15.5. The van der Waals surface area contributed by atoms with Crippen LogP contribution in [0.4, 0.5) is 17.6 Å². The fraction of sp³-hybridized carbons (Fsp3) is 0.471. The van der Waals surface area contributed by atoms with E-state index in [0.29, 0.717) is 5.56 Å². The molecule has 0 amide bonds. The molecule has 25 heavy (non-hydrogen) atoms. The molecule has 2 atom stereocenters. The topological polar surface area (TPSA) is 47.6 Å². The van der Waals surface area contributed by atoms with E-state index in [9.17, 15) is 17.6 Å². The Morgan fingerprint density at radius 1 is 1.32 bits per heavy atom. The highest BCUT2D eigenvalue weighted by Crippen LogP contribution is 2.40. The van der Waals surface area contributed by atoms with Gasteiger partial charge in [-0.15, -0.1) is 5.54 Å². The van der Waals surface area contributed by atoms with E-state index in [1.165, 1.54) is 25.1 Å². The normalized spacial score (nSPS) is 24.0. The van der Waals surface area contributed by atoms with Gasteiger partial charge in [0, 0.05) is 17.5 Å². The number of rotatable bonds is 1. The second-order valence-electron chi connectivity index (χ2n) is 7.27. The lowest BCUT2D eigenvalue weighted by molar-refractivity contribution is -0.208. The highest BCUT2D eigenvalue weighted by molar-refractivity contribution is 6.83. The third-order valence-electron chi connectivity index (χ3n) is 3.70. The van der Waals surface area contributed by atoms with Crippen LogP contribution in [0.1, 0.15) is 24.5 Å². The van der Waals surface area contributed by atoms with Gasteiger partial charge in [0.1, 0.15) is 13.9 Å². The Bertz CT molecular complexity index is 759. The molecule has 1 aliphatic heterocycles. The summed E-state index contributed by atoms with van der Waals surface area (Å²) in [6.45, 7) is 7.59. The van der Waals surface area contributed by atoms with Crippen molar-refractivity contribution in [3.05, 3.63) is 35.1 Å². The number of hydrogen-bond acceptors (Lipinski definition) is 3. The van der Waals surface area contributed by atoms with Crippen LogP contribution in [0.2, 0.25) is 19.6 Å². The monoisotopic (exact) mass is 372 g/mol. The van der Waals surface area contributed by atoms with Crippen molar-refractivity contribution in [3.63, 3.8) is 0 Å². The summed E-state index contributed by atoms with van der Waals surface area (Å²) in [4.78, 5) is 3.95. The molecule has 0 aromatic heterocycles. The van der Waals surface area contributed by atoms with Gasteiger partial charge in [-0.2, -0.15) is 13.2 Å². The highest BCUT2D eigenvalue weighted by atomic mass is 28.3. The molecule has 0 aliphatic carbocycles. The van der Waals surface area contributed by atoms with Crippen molar-refractivity contribution in [2.45, 2.75) is 50.8 Å². The van der Waals surface area contributed by atoms with Crippen molar-refractivity contribution in [2.24, 2.45) is 10.7 Å². The van der Waals surface area contributed by atoms with E-state index in [1.807, 2.05) is 0 Å². The van der Waals surface area contributed by atoms with Crippen LogP contribution in [0.25, 0.3) is 0 Å². The maximum absolute atomic E-state index is 14.4. The van der Waals surface area contributed by atoms with Crippen LogP contribution in [0.3, 0.4) is 0 Å². The first-order chi connectivity index (χ1) is 11.3. The molecule has 1 aromatic rings. The van der Waals surface area contributed by atoms with E-state index in [0.717, 1.165) is 0 Å². The number of hydrogen-bond donors (Lipinski definition) is 1. The molecule has 2 N–H and O–H groups in total. The molecule has 3 nitrogen and oxygen atoms in total. The van der Waals surface area contributed by atoms with Crippen molar-refractivity contribution in [1.82, 2.24) is 0 Å². The van der Waals surface area contributed by atoms with Gasteiger partial charge in [0.15, 0.2) is 6.10 Å². The predicted octanol–water partition coefficient (Wildman–Crippen LogP) is 3.94. The van der Waals surface area contributed by atoms with Gasteiger partial charge >= 0.3 is 6.18 Å². The number of nitrogens with zero attached hydrogens (tertiary/aromatic N) is 1. The molecule has 0 bridgehead atoms. The summed E-state index contributed by atoms with van der Waals surface area (Å²) in [5, 5.41) is 0. The number of ether oxygens (including phenoxy) is 1. The molecule has 136 valence electrons. The minimum atomic E-state index is -4.62. The van der Waals surface area contributed by atoms with Crippen LogP contribution in [0.15, 0.2) is 23.2 Å². The summed E-state index contributed by atoms with van der Waals surface area (Å²) >= 11 is 0. The fourth-order valence-electron chi connectivity index (χ4n) is 2.49. The van der Waals surface area contributed by atoms with Gasteiger partial charge in [0.25, 0.3) is 6.02 Å². The molecule has 1 aliphatic rings. The molecule has 0 fully saturated rings. The summed E-state index contributed by atoms with van der Waals surface area (Å²) < 4.78 is 58.1. The Labute approximate surface area is 145 Å². The van der Waals surface area contributed by atoms with Crippen LogP contribution in [0, 0.1) is 17.3 Å². The van der Waals surface area contributed by atoms with Gasteiger partial charge in [0.2, 0.25) is 0 Å². The largest absolute Gasteiger partial charge is 0.452 e. The van der Waals surface area contributed by atoms with Crippen LogP contribution in [0.5, 0.6) is 0 Å². The van der Waals surface area contributed by atoms with E-state index in [-0.39, 0.29) is 5.56 Å². The minimum absolute atomic E-state index is 0.0235. The lowest BCUT2D eigenvalue weighted by atomic mass is 9.85. The SMILES string of the molecule is C[C@@]1(c2cc(C#C[Si](C)(C)C)ccc2F)C[C@@H](C(F)(F)F)OC(N)=N1. The van der Waals surface area contributed by atoms with E-state index in [1.54, 1.807) is 0 Å². The lowest BCUT2D eigenvalue weighted by Crippen LogP contribution is -2.46. The summed E-state index contributed by atoms with van der Waals surface area (Å²) in [5.74, 6) is 2.32. The Balaban J connectivity index is 2.48. The predicted molar refractivity (Wildman–Crippen MR) is 91.1 cm³/mol. The molecule has 1 heterocycles. The number of nitrogens with two attached hydrogens (primary N) is 1. The first kappa shape index (κ1) is 19.3. The summed E-state index contributed by atoms with van der Waals surface area (Å²) in [6.07, 6.45) is -7.31. The van der Waals surface area contributed by atoms with Gasteiger partial charge < -0.3 is 10.5 Å². The zero-order valence-electron chi connectivity index (χ0n) is 14.5. The summed E-state index contributed by atoms with van der Waals surface area (Å²) in [5.41, 5.74) is 7.64. The fourth-order valence-corrected chi connectivity index (χ4v) is 3.01. The molecule has 8 heteroatoms. The maximum atomic E-state index is 14.4. The standard InChI is InChI=1S/C17H20F4N2OSi/c1-16(10-14(17(19,20)21)24-15(22)23-16)12-9-11(5-6-13(12)18)7-8-25(2,3)4/h5-6,9,14H,10H2,1-4H3,(H2,22,23)/t14-,16-/m0/s1. The quantitative estimate of drug-likeness (QED) is 0.461. The number of benzene rings is 1. The van der Waals surface area contributed by atoms with Crippen molar-refractivity contribution >= 4 is 14.1 Å². The van der Waals surface area contributed by atoms with Crippen molar-refractivity contribution in [1.29, 1.82) is 0 Å². The highest BCUT2D eigenvalue weighted by Gasteiger charge is 2.50. The number of aliphatic imine (C=N–C) groups is 1. The zero-order chi connectivity index (χ0) is 19.0. The van der Waals surface area contributed by atoms with Crippen LogP contribution in [-0.4, -0.2) is 26.4 Å². The molecule has 0 radical (unpaired) electrons. The Hall–Kier alpha value is -2.01. The molecular weight excluding hydrogens is 352 g/mol. The van der Waals surface area contributed by atoms with E-state index >= 15 is 0 Å². The molecule has 0 spiro atoms. The Morgan fingerprint density at radius 3 is 2.52 bits per heavy atom. The number of alkyl halides is 3. The average molecular weight is 372 g/mol. The van der Waals surface area contributed by atoms with Gasteiger partial charge in [-0.25, -0.2) is 9.38 Å². The second kappa shape index (κ2) is 6.37.